The van der Waals surface area contributed by atoms with E-state index < -0.39 is 0 Å². The second-order valence-electron chi connectivity index (χ2n) is 5.83. The zero-order valence-electron chi connectivity index (χ0n) is 11.6. The fraction of sp³-hybridized carbons (Fsp3) is 0.600. The highest BCUT2D eigenvalue weighted by Gasteiger charge is 2.38. The van der Waals surface area contributed by atoms with Gasteiger partial charge in [0.25, 0.3) is 0 Å². The molecule has 1 aliphatic heterocycles. The largest absolute Gasteiger partial charge is 0.460 e. The van der Waals surface area contributed by atoms with Gasteiger partial charge in [0.1, 0.15) is 23.0 Å². The van der Waals surface area contributed by atoms with Gasteiger partial charge >= 0.3 is 5.97 Å². The van der Waals surface area contributed by atoms with E-state index in [-0.39, 0.29) is 18.6 Å². The van der Waals surface area contributed by atoms with Crippen LogP contribution in [-0.2, 0) is 16.1 Å². The van der Waals surface area contributed by atoms with E-state index in [1.807, 2.05) is 0 Å². The first kappa shape index (κ1) is 15.1. The molecule has 1 saturated carbocycles. The Bertz CT molecular complexity index is 504. The summed E-state index contributed by atoms with van der Waals surface area (Å²) in [6.45, 7) is 0.175. The van der Waals surface area contributed by atoms with Crippen LogP contribution in [0.25, 0.3) is 0 Å². The van der Waals surface area contributed by atoms with Gasteiger partial charge < -0.3 is 10.1 Å². The lowest BCUT2D eigenvalue weighted by Crippen LogP contribution is -2.37. The SMILES string of the molecule is O=C(OCc1cc(Cl)nc(Cl)c1)[C@@H]1C[C@@H]2CCCC[C@@H]2N1. The van der Waals surface area contributed by atoms with Crippen LogP contribution in [0.15, 0.2) is 12.1 Å². The molecule has 0 radical (unpaired) electrons. The standard InChI is InChI=1S/C15H18Cl2N2O2/c16-13-5-9(6-14(17)19-13)8-21-15(20)12-7-10-3-1-2-4-11(10)18-12/h5-6,10-12,18H,1-4,7-8H2/t10-,11-,12-/m0/s1. The van der Waals surface area contributed by atoms with Gasteiger partial charge in [0.15, 0.2) is 0 Å². The average molecular weight is 329 g/mol. The third kappa shape index (κ3) is 3.68. The number of nitrogens with zero attached hydrogens (tertiary/aromatic N) is 1. The third-order valence-electron chi connectivity index (χ3n) is 4.35. The van der Waals surface area contributed by atoms with E-state index in [9.17, 15) is 4.79 Å². The number of aromatic nitrogens is 1. The normalized spacial score (nSPS) is 28.2. The molecule has 3 atom stereocenters. The molecule has 4 nitrogen and oxygen atoms in total. The van der Waals surface area contributed by atoms with Gasteiger partial charge in [-0.25, -0.2) is 4.98 Å². The molecule has 1 aliphatic carbocycles. The first-order valence-corrected chi connectivity index (χ1v) is 8.12. The second kappa shape index (κ2) is 6.51. The van der Waals surface area contributed by atoms with Crippen LogP contribution in [0.4, 0.5) is 0 Å². The molecule has 114 valence electrons. The zero-order chi connectivity index (χ0) is 14.8. The van der Waals surface area contributed by atoms with Crippen molar-refractivity contribution in [3.8, 4) is 0 Å². The number of nitrogens with one attached hydrogen (secondary N) is 1. The number of hydrogen-bond donors (Lipinski definition) is 1. The first-order chi connectivity index (χ1) is 10.1. The second-order valence-corrected chi connectivity index (χ2v) is 6.61. The molecule has 1 saturated heterocycles. The summed E-state index contributed by atoms with van der Waals surface area (Å²) in [5.41, 5.74) is 0.753. The summed E-state index contributed by atoms with van der Waals surface area (Å²) in [5.74, 6) is 0.439. The lowest BCUT2D eigenvalue weighted by Gasteiger charge is -2.24. The van der Waals surface area contributed by atoms with Gasteiger partial charge in [-0.1, -0.05) is 36.0 Å². The number of esters is 1. The van der Waals surface area contributed by atoms with Gasteiger partial charge in [-0.3, -0.25) is 4.79 Å². The molecule has 2 heterocycles. The van der Waals surface area contributed by atoms with E-state index in [2.05, 4.69) is 10.3 Å². The number of halogens is 2. The van der Waals surface area contributed by atoms with Gasteiger partial charge in [0.2, 0.25) is 0 Å². The molecule has 0 spiro atoms. The molecule has 0 bridgehead atoms. The molecule has 6 heteroatoms. The van der Waals surface area contributed by atoms with E-state index >= 15 is 0 Å². The molecule has 0 unspecified atom stereocenters. The summed E-state index contributed by atoms with van der Waals surface area (Å²) in [6.07, 6.45) is 5.81. The van der Waals surface area contributed by atoms with E-state index in [0.717, 1.165) is 12.0 Å². The van der Waals surface area contributed by atoms with Gasteiger partial charge in [-0.05, 0) is 42.9 Å². The summed E-state index contributed by atoms with van der Waals surface area (Å²) < 4.78 is 5.38. The average Bonchev–Trinajstić information content (AvgIpc) is 2.87. The van der Waals surface area contributed by atoms with Crippen molar-refractivity contribution < 1.29 is 9.53 Å². The minimum Gasteiger partial charge on any atom is -0.460 e. The fourth-order valence-corrected chi connectivity index (χ4v) is 3.86. The molecule has 0 amide bonds. The summed E-state index contributed by atoms with van der Waals surface area (Å²) in [7, 11) is 0. The van der Waals surface area contributed by atoms with Crippen LogP contribution in [0.2, 0.25) is 10.3 Å². The smallest absolute Gasteiger partial charge is 0.323 e. The highest BCUT2D eigenvalue weighted by molar-refractivity contribution is 6.32. The van der Waals surface area contributed by atoms with Crippen molar-refractivity contribution in [3.05, 3.63) is 28.0 Å². The van der Waals surface area contributed by atoms with Crippen LogP contribution in [0.1, 0.15) is 37.7 Å². The van der Waals surface area contributed by atoms with Gasteiger partial charge in [0.05, 0.1) is 0 Å². The maximum absolute atomic E-state index is 12.2. The maximum atomic E-state index is 12.2. The molecule has 1 aromatic heterocycles. The molecule has 2 fully saturated rings. The Labute approximate surface area is 134 Å². The highest BCUT2D eigenvalue weighted by atomic mass is 35.5. The number of carbonyl (C=O) groups excluding carboxylic acids is 1. The van der Waals surface area contributed by atoms with Crippen molar-refractivity contribution in [2.24, 2.45) is 5.92 Å². The van der Waals surface area contributed by atoms with Crippen LogP contribution in [-0.4, -0.2) is 23.0 Å². The molecule has 3 rings (SSSR count). The van der Waals surface area contributed by atoms with Crippen LogP contribution >= 0.6 is 23.2 Å². The van der Waals surface area contributed by atoms with Crippen molar-refractivity contribution in [3.63, 3.8) is 0 Å². The molecule has 1 N–H and O–H groups in total. The Kier molecular flexibility index (Phi) is 4.67. The molecular weight excluding hydrogens is 311 g/mol. The van der Waals surface area contributed by atoms with Crippen molar-refractivity contribution in [1.82, 2.24) is 10.3 Å². The van der Waals surface area contributed by atoms with Crippen LogP contribution in [0.5, 0.6) is 0 Å². The minimum absolute atomic E-state index is 0.175. The van der Waals surface area contributed by atoms with Gasteiger partial charge in [0, 0.05) is 6.04 Å². The predicted octanol–water partition coefficient (Wildman–Crippen LogP) is 3.35. The van der Waals surface area contributed by atoms with E-state index in [1.165, 1.54) is 25.7 Å². The fourth-order valence-electron chi connectivity index (χ4n) is 3.36. The summed E-state index contributed by atoms with van der Waals surface area (Å²) >= 11 is 11.7. The lowest BCUT2D eigenvalue weighted by molar-refractivity contribution is -0.147. The summed E-state index contributed by atoms with van der Waals surface area (Å²) in [6, 6.07) is 3.62. The molecule has 21 heavy (non-hydrogen) atoms. The van der Waals surface area contributed by atoms with Crippen molar-refractivity contribution >= 4 is 29.2 Å². The number of pyridine rings is 1. The molecule has 2 aliphatic rings. The topological polar surface area (TPSA) is 51.2 Å². The first-order valence-electron chi connectivity index (χ1n) is 7.36. The van der Waals surface area contributed by atoms with Crippen molar-refractivity contribution in [2.45, 2.75) is 50.8 Å². The summed E-state index contributed by atoms with van der Waals surface area (Å²) in [5, 5.41) is 4.02. The lowest BCUT2D eigenvalue weighted by atomic mass is 9.85. The Morgan fingerprint density at radius 2 is 2.00 bits per heavy atom. The number of hydrogen-bond acceptors (Lipinski definition) is 4. The zero-order valence-corrected chi connectivity index (χ0v) is 13.2. The minimum atomic E-state index is -0.187. The van der Waals surface area contributed by atoms with E-state index in [0.29, 0.717) is 22.3 Å². The highest BCUT2D eigenvalue weighted by Crippen LogP contribution is 2.33. The molecular formula is C15H18Cl2N2O2. The van der Waals surface area contributed by atoms with Crippen LogP contribution in [0, 0.1) is 5.92 Å². The van der Waals surface area contributed by atoms with E-state index in [4.69, 9.17) is 27.9 Å². The van der Waals surface area contributed by atoms with Crippen LogP contribution < -0.4 is 5.32 Å². The molecule has 0 aromatic carbocycles. The number of carbonyl (C=O) groups is 1. The van der Waals surface area contributed by atoms with Crippen molar-refractivity contribution in [2.75, 3.05) is 0 Å². The Hall–Kier alpha value is -0.840. The maximum Gasteiger partial charge on any atom is 0.323 e. The predicted molar refractivity (Wildman–Crippen MR) is 81.3 cm³/mol. The summed E-state index contributed by atoms with van der Waals surface area (Å²) in [4.78, 5) is 16.0. The third-order valence-corrected chi connectivity index (χ3v) is 4.74. The Morgan fingerprint density at radius 1 is 1.29 bits per heavy atom. The quantitative estimate of drug-likeness (QED) is 0.682. The van der Waals surface area contributed by atoms with Crippen LogP contribution in [0.3, 0.4) is 0 Å². The monoisotopic (exact) mass is 328 g/mol. The Morgan fingerprint density at radius 3 is 2.71 bits per heavy atom. The van der Waals surface area contributed by atoms with Gasteiger partial charge in [-0.15, -0.1) is 0 Å². The Balaban J connectivity index is 1.54. The number of fused-ring (bicyclic) bond motifs is 1. The molecule has 1 aromatic rings. The number of ether oxygens (including phenoxy) is 1. The van der Waals surface area contributed by atoms with E-state index in [1.54, 1.807) is 12.1 Å². The number of rotatable bonds is 3. The van der Waals surface area contributed by atoms with Crippen molar-refractivity contribution in [1.29, 1.82) is 0 Å². The van der Waals surface area contributed by atoms with Gasteiger partial charge in [-0.2, -0.15) is 0 Å².